The highest BCUT2D eigenvalue weighted by atomic mass is 16.5. The summed E-state index contributed by atoms with van der Waals surface area (Å²) >= 11 is 0. The number of nitrogens with zero attached hydrogens (tertiary/aromatic N) is 4. The minimum absolute atomic E-state index is 0.0613. The van der Waals surface area contributed by atoms with Crippen LogP contribution in [0.4, 0.5) is 0 Å². The van der Waals surface area contributed by atoms with E-state index in [1.54, 1.807) is 11.2 Å². The fraction of sp³-hybridized carbons (Fsp3) is 0.526. The summed E-state index contributed by atoms with van der Waals surface area (Å²) in [6.45, 7) is 5.08. The lowest BCUT2D eigenvalue weighted by atomic mass is 9.92. The number of carboxylic acids is 1. The lowest BCUT2D eigenvalue weighted by molar-refractivity contribution is -0.141. The van der Waals surface area contributed by atoms with E-state index < -0.39 is 5.97 Å². The summed E-state index contributed by atoms with van der Waals surface area (Å²) in [5.74, 6) is 0.0101. The van der Waals surface area contributed by atoms with Crippen molar-refractivity contribution >= 4 is 11.9 Å². The van der Waals surface area contributed by atoms with Crippen molar-refractivity contribution in [3.05, 3.63) is 29.5 Å². The molecular formula is C19H24N4O4. The topological polar surface area (TPSA) is 109 Å². The van der Waals surface area contributed by atoms with E-state index >= 15 is 0 Å². The highest BCUT2D eigenvalue weighted by molar-refractivity contribution is 5.80. The van der Waals surface area contributed by atoms with Crippen LogP contribution in [0, 0.1) is 19.8 Å². The maximum atomic E-state index is 12.2. The first-order valence-corrected chi connectivity index (χ1v) is 9.17. The summed E-state index contributed by atoms with van der Waals surface area (Å²) in [6.07, 6.45) is 4.19. The Hall–Kier alpha value is -2.77. The number of amides is 1. The van der Waals surface area contributed by atoms with E-state index in [1.807, 2.05) is 19.9 Å². The number of aliphatic carboxylic acids is 1. The van der Waals surface area contributed by atoms with Gasteiger partial charge in [-0.1, -0.05) is 5.16 Å². The van der Waals surface area contributed by atoms with Crippen molar-refractivity contribution < 1.29 is 19.2 Å². The first-order valence-electron chi connectivity index (χ1n) is 9.17. The molecule has 1 aliphatic heterocycles. The fourth-order valence-electron chi connectivity index (χ4n) is 3.62. The molecule has 1 atom stereocenters. The van der Waals surface area contributed by atoms with Crippen LogP contribution < -0.4 is 0 Å². The van der Waals surface area contributed by atoms with Crippen molar-refractivity contribution in [1.82, 2.24) is 20.0 Å². The number of hydrogen-bond donors (Lipinski definition) is 1. The van der Waals surface area contributed by atoms with Crippen LogP contribution >= 0.6 is 0 Å². The summed E-state index contributed by atoms with van der Waals surface area (Å²) in [5.41, 5.74) is 3.41. The van der Waals surface area contributed by atoms with Gasteiger partial charge in [0.15, 0.2) is 0 Å². The second kappa shape index (κ2) is 8.28. The number of carbonyl (C=O) groups is 2. The van der Waals surface area contributed by atoms with Crippen LogP contribution in [0.5, 0.6) is 0 Å². The predicted molar refractivity (Wildman–Crippen MR) is 96.9 cm³/mol. The molecule has 1 amide bonds. The third-order valence-electron chi connectivity index (χ3n) is 4.94. The maximum Gasteiger partial charge on any atom is 0.303 e. The Kier molecular flexibility index (Phi) is 5.83. The third-order valence-corrected chi connectivity index (χ3v) is 4.94. The first-order chi connectivity index (χ1) is 12.9. The minimum atomic E-state index is -0.940. The van der Waals surface area contributed by atoms with Crippen molar-refractivity contribution in [3.8, 4) is 11.3 Å². The molecule has 3 rings (SSSR count). The van der Waals surface area contributed by atoms with Crippen molar-refractivity contribution in [1.29, 1.82) is 0 Å². The van der Waals surface area contributed by atoms with Gasteiger partial charge in [0.1, 0.15) is 12.1 Å². The van der Waals surface area contributed by atoms with Crippen molar-refractivity contribution in [3.63, 3.8) is 0 Å². The number of rotatable bonds is 6. The quantitative estimate of drug-likeness (QED) is 0.829. The molecule has 2 aromatic rings. The summed E-state index contributed by atoms with van der Waals surface area (Å²) in [6, 6.07) is 1.96. The Labute approximate surface area is 157 Å². The summed E-state index contributed by atoms with van der Waals surface area (Å²) < 4.78 is 5.22. The standard InChI is InChI=1S/C19H24N4O4/c1-12-19(13(2)27-22-12)16-9-15(20-11-21-16)8-14-4-3-7-23(10-14)17(24)5-6-18(25)26/h9,11,14H,3-8,10H2,1-2H3,(H,25,26)/t14-/m0/s1. The lowest BCUT2D eigenvalue weighted by Gasteiger charge is -2.32. The molecule has 3 heterocycles. The molecule has 8 nitrogen and oxygen atoms in total. The smallest absolute Gasteiger partial charge is 0.303 e. The van der Waals surface area contributed by atoms with Crippen LogP contribution in [0.15, 0.2) is 16.9 Å². The second-order valence-electron chi connectivity index (χ2n) is 7.04. The molecule has 8 heteroatoms. The van der Waals surface area contributed by atoms with Crippen LogP contribution in [-0.4, -0.2) is 50.1 Å². The first kappa shape index (κ1) is 19.0. The zero-order valence-electron chi connectivity index (χ0n) is 15.6. The number of piperidine rings is 1. The van der Waals surface area contributed by atoms with Gasteiger partial charge >= 0.3 is 5.97 Å². The van der Waals surface area contributed by atoms with Gasteiger partial charge in [0.2, 0.25) is 5.91 Å². The average molecular weight is 372 g/mol. The molecular weight excluding hydrogens is 348 g/mol. The molecule has 0 aliphatic carbocycles. The summed E-state index contributed by atoms with van der Waals surface area (Å²) in [4.78, 5) is 33.4. The Morgan fingerprint density at radius 2 is 2.11 bits per heavy atom. The number of carboxylic acid groups (broad SMARTS) is 1. The van der Waals surface area contributed by atoms with Gasteiger partial charge in [-0.05, 0) is 45.1 Å². The molecule has 144 valence electrons. The largest absolute Gasteiger partial charge is 0.481 e. The summed E-state index contributed by atoms with van der Waals surface area (Å²) in [5, 5.41) is 12.7. The fourth-order valence-corrected chi connectivity index (χ4v) is 3.62. The maximum absolute atomic E-state index is 12.2. The molecule has 1 N–H and O–H groups in total. The van der Waals surface area contributed by atoms with Gasteiger partial charge in [0, 0.05) is 25.2 Å². The van der Waals surface area contributed by atoms with Crippen molar-refractivity contribution in [2.75, 3.05) is 13.1 Å². The van der Waals surface area contributed by atoms with Gasteiger partial charge in [-0.3, -0.25) is 9.59 Å². The van der Waals surface area contributed by atoms with Crippen LogP contribution in [0.1, 0.15) is 42.8 Å². The van der Waals surface area contributed by atoms with Gasteiger partial charge in [0.25, 0.3) is 0 Å². The predicted octanol–water partition coefficient (Wildman–Crippen LogP) is 2.39. The molecule has 1 fully saturated rings. The SMILES string of the molecule is Cc1noc(C)c1-c1cc(C[C@@H]2CCCN(C(=O)CCC(=O)O)C2)ncn1. The number of hydrogen-bond acceptors (Lipinski definition) is 6. The molecule has 0 spiro atoms. The van der Waals surface area contributed by atoms with Crippen molar-refractivity contribution in [2.24, 2.45) is 5.92 Å². The molecule has 2 aromatic heterocycles. The van der Waals surface area contributed by atoms with E-state index in [4.69, 9.17) is 9.63 Å². The van der Waals surface area contributed by atoms with Gasteiger partial charge in [-0.25, -0.2) is 9.97 Å². The monoisotopic (exact) mass is 372 g/mol. The normalized spacial score (nSPS) is 17.1. The van der Waals surface area contributed by atoms with Crippen molar-refractivity contribution in [2.45, 2.75) is 46.0 Å². The van der Waals surface area contributed by atoms with Gasteiger partial charge < -0.3 is 14.5 Å². The molecule has 0 bridgehead atoms. The molecule has 27 heavy (non-hydrogen) atoms. The van der Waals surface area contributed by atoms with E-state index in [1.165, 1.54) is 0 Å². The number of carbonyl (C=O) groups excluding carboxylic acids is 1. The molecule has 1 saturated heterocycles. The Morgan fingerprint density at radius 3 is 2.81 bits per heavy atom. The molecule has 0 aromatic carbocycles. The highest BCUT2D eigenvalue weighted by Gasteiger charge is 2.24. The number of aryl methyl sites for hydroxylation is 2. The minimum Gasteiger partial charge on any atom is -0.481 e. The van der Waals surface area contributed by atoms with E-state index in [0.717, 1.165) is 47.7 Å². The van der Waals surface area contributed by atoms with E-state index in [0.29, 0.717) is 19.0 Å². The summed E-state index contributed by atoms with van der Waals surface area (Å²) in [7, 11) is 0. The molecule has 0 saturated carbocycles. The Balaban J connectivity index is 1.66. The average Bonchev–Trinajstić information content (AvgIpc) is 2.98. The Bertz CT molecular complexity index is 813. The van der Waals surface area contributed by atoms with E-state index in [9.17, 15) is 9.59 Å². The third kappa shape index (κ3) is 4.69. The van der Waals surface area contributed by atoms with Gasteiger partial charge in [0.05, 0.1) is 23.4 Å². The van der Waals surface area contributed by atoms with Gasteiger partial charge in [-0.2, -0.15) is 0 Å². The lowest BCUT2D eigenvalue weighted by Crippen LogP contribution is -2.40. The molecule has 0 radical (unpaired) electrons. The zero-order chi connectivity index (χ0) is 19.4. The van der Waals surface area contributed by atoms with Crippen LogP contribution in [-0.2, 0) is 16.0 Å². The van der Waals surface area contributed by atoms with Gasteiger partial charge in [-0.15, -0.1) is 0 Å². The van der Waals surface area contributed by atoms with Crippen LogP contribution in [0.3, 0.4) is 0 Å². The Morgan fingerprint density at radius 1 is 1.30 bits per heavy atom. The number of aromatic nitrogens is 3. The highest BCUT2D eigenvalue weighted by Crippen LogP contribution is 2.26. The molecule has 1 aliphatic rings. The second-order valence-corrected chi connectivity index (χ2v) is 7.04. The number of likely N-dealkylation sites (tertiary alicyclic amines) is 1. The molecule has 0 unspecified atom stereocenters. The van der Waals surface area contributed by atoms with E-state index in [-0.39, 0.29) is 18.7 Å². The van der Waals surface area contributed by atoms with Crippen LogP contribution in [0.2, 0.25) is 0 Å². The zero-order valence-corrected chi connectivity index (χ0v) is 15.6. The van der Waals surface area contributed by atoms with E-state index in [2.05, 4.69) is 15.1 Å². The van der Waals surface area contributed by atoms with Crippen LogP contribution in [0.25, 0.3) is 11.3 Å².